The third kappa shape index (κ3) is 11.0. The maximum atomic E-state index is 6.78. The molecule has 0 aliphatic heterocycles. The number of thiophene rings is 2. The Morgan fingerprint density at radius 2 is 0.407 bits per heavy atom. The summed E-state index contributed by atoms with van der Waals surface area (Å²) in [5.41, 5.74) is 43.7. The van der Waals surface area contributed by atoms with Crippen molar-refractivity contribution in [3.8, 4) is 143 Å². The number of ether oxygens (including phenoxy) is 4. The summed E-state index contributed by atoms with van der Waals surface area (Å²) in [6.07, 6.45) is 0. The van der Waals surface area contributed by atoms with Crippen molar-refractivity contribution in [1.82, 2.24) is 19.9 Å². The van der Waals surface area contributed by atoms with Crippen LogP contribution in [0.2, 0.25) is 0 Å². The second-order valence-electron chi connectivity index (χ2n) is 40.5. The van der Waals surface area contributed by atoms with Gasteiger partial charge in [-0.3, -0.25) is 0 Å². The second-order valence-corrected chi connectivity index (χ2v) is 42.6. The van der Waals surface area contributed by atoms with E-state index in [1.54, 1.807) is 32.7 Å². The highest BCUT2D eigenvalue weighted by atomic mass is 32.1. The minimum Gasteiger partial charge on any atom is -0.497 e. The Morgan fingerprint density at radius 1 is 0.167 bits per heavy atom. The third-order valence-electron chi connectivity index (χ3n) is 34.1. The summed E-state index contributed by atoms with van der Waals surface area (Å²) >= 11 is 3.64. The van der Waals surface area contributed by atoms with Gasteiger partial charge in [0, 0.05) is 49.4 Å². The monoisotopic (exact) mass is 1950 g/mol. The molecule has 0 bridgehead atoms. The van der Waals surface area contributed by atoms with Gasteiger partial charge in [-0.1, -0.05) is 394 Å². The van der Waals surface area contributed by atoms with Crippen molar-refractivity contribution in [1.29, 1.82) is 0 Å². The lowest BCUT2D eigenvalue weighted by Gasteiger charge is -2.34. The van der Waals surface area contributed by atoms with Gasteiger partial charge in [-0.2, -0.15) is 0 Å². The number of methoxy groups -OCH3 is 4. The highest BCUT2D eigenvalue weighted by molar-refractivity contribution is 7.21. The van der Waals surface area contributed by atoms with Crippen LogP contribution in [-0.2, 0) is 21.7 Å². The van der Waals surface area contributed by atoms with Gasteiger partial charge in [-0.25, -0.2) is 19.9 Å². The molecule has 0 saturated heterocycles. The fraction of sp³-hybridized carbons (Fsp3) is 0.0571. The fourth-order valence-electron chi connectivity index (χ4n) is 28.3. The molecular weight excluding hydrogens is 1870 g/mol. The van der Waals surface area contributed by atoms with E-state index in [0.717, 1.165) is 230 Å². The SMILES string of the molecule is COc1ccc(C2(c3ccc(OC)cc3)c3ccccc3-c3c(-c4sc(-c5cccc6c5-c5ccccc5C6(c5ccc(OC)cc5)c5ccc(OC)c(-c6ccc7c(c6)-c6ccccc6C76c7ccccc7-c7c(-c8sc(-c9cccc%10c9-c9ccccc9C%109c%10ccccc%10-c%10ccccc%109)c9nc%10c%11ccccc%11c%11ccccc%11c%10nc89)cccc76)c5)c5nc6c7ccccc7c7ccccc7c6nc45)cccc32)cc1. The zero-order valence-electron chi connectivity index (χ0n) is 82.0. The molecule has 22 aromatic carbocycles. The van der Waals surface area contributed by atoms with E-state index in [-0.39, 0.29) is 0 Å². The van der Waals surface area contributed by atoms with Crippen LogP contribution in [0.25, 0.3) is 207 Å². The maximum absolute atomic E-state index is 6.78. The Bertz CT molecular complexity index is 10400. The van der Waals surface area contributed by atoms with Crippen molar-refractivity contribution in [2.24, 2.45) is 0 Å². The van der Waals surface area contributed by atoms with E-state index in [2.05, 4.69) is 449 Å². The molecule has 0 radical (unpaired) electrons. The van der Waals surface area contributed by atoms with Crippen LogP contribution in [-0.4, -0.2) is 48.4 Å². The lowest BCUT2D eigenvalue weighted by Crippen LogP contribution is -2.28. The molecule has 4 aromatic heterocycles. The van der Waals surface area contributed by atoms with Crippen molar-refractivity contribution in [2.45, 2.75) is 21.7 Å². The second kappa shape index (κ2) is 31.6. The Hall–Kier alpha value is -18.3. The van der Waals surface area contributed by atoms with Crippen LogP contribution >= 0.6 is 22.7 Å². The first kappa shape index (κ1) is 85.0. The number of rotatable bonds is 13. The largest absolute Gasteiger partial charge is 0.497 e. The Kier molecular flexibility index (Phi) is 17.9. The first-order valence-corrected chi connectivity index (χ1v) is 53.0. The van der Waals surface area contributed by atoms with E-state index in [1.165, 1.54) is 89.0 Å². The van der Waals surface area contributed by atoms with Crippen LogP contribution in [0, 0.1) is 0 Å². The lowest BCUT2D eigenvalue weighted by molar-refractivity contribution is 0.414. The molecule has 2 spiro atoms. The third-order valence-corrected chi connectivity index (χ3v) is 36.6. The average molecular weight is 1950 g/mol. The molecule has 2 atom stereocenters. The Balaban J connectivity index is 0.591. The Labute approximate surface area is 872 Å². The van der Waals surface area contributed by atoms with Crippen molar-refractivity contribution < 1.29 is 18.9 Å². The number of hydrogen-bond donors (Lipinski definition) is 0. The van der Waals surface area contributed by atoms with Crippen LogP contribution in [0.1, 0.15) is 89.0 Å². The topological polar surface area (TPSA) is 88.5 Å². The van der Waals surface area contributed by atoms with Crippen LogP contribution in [0.5, 0.6) is 23.0 Å². The summed E-state index contributed by atoms with van der Waals surface area (Å²) in [5.74, 6) is 3.10. The average Bonchev–Trinajstić information content (AvgIpc) is 1.50. The van der Waals surface area contributed by atoms with Gasteiger partial charge in [0.05, 0.1) is 91.7 Å². The van der Waals surface area contributed by atoms with Crippen molar-refractivity contribution in [2.75, 3.05) is 28.4 Å². The summed E-state index contributed by atoms with van der Waals surface area (Å²) in [4.78, 5) is 28.8. The molecule has 6 aliphatic carbocycles. The summed E-state index contributed by atoms with van der Waals surface area (Å²) in [5, 5.41) is 8.82. The zero-order valence-corrected chi connectivity index (χ0v) is 83.6. The molecule has 4 heterocycles. The van der Waals surface area contributed by atoms with E-state index in [1.807, 2.05) is 18.4 Å². The minimum absolute atomic E-state index is 0.557. The van der Waals surface area contributed by atoms with Gasteiger partial charge in [0.15, 0.2) is 0 Å². The van der Waals surface area contributed by atoms with Gasteiger partial charge in [-0.05, 0) is 237 Å². The van der Waals surface area contributed by atoms with Gasteiger partial charge < -0.3 is 18.9 Å². The summed E-state index contributed by atoms with van der Waals surface area (Å²) in [7, 11) is 7.03. The lowest BCUT2D eigenvalue weighted by atomic mass is 9.67. The van der Waals surface area contributed by atoms with E-state index in [0.29, 0.717) is 0 Å². The highest BCUT2D eigenvalue weighted by Crippen LogP contribution is 2.70. The van der Waals surface area contributed by atoms with Crippen molar-refractivity contribution >= 4 is 110 Å². The van der Waals surface area contributed by atoms with E-state index >= 15 is 0 Å². The molecule has 2 unspecified atom stereocenters. The molecule has 26 aromatic rings. The predicted molar refractivity (Wildman–Crippen MR) is 614 cm³/mol. The van der Waals surface area contributed by atoms with E-state index in [9.17, 15) is 0 Å². The van der Waals surface area contributed by atoms with Crippen molar-refractivity contribution in [3.05, 3.63) is 538 Å². The predicted octanol–water partition coefficient (Wildman–Crippen LogP) is 34.4. The molecule has 10 heteroatoms. The molecule has 150 heavy (non-hydrogen) atoms. The number of nitrogens with zero attached hydrogens (tertiary/aromatic N) is 4. The number of fused-ring (bicyclic) bond motifs is 40. The van der Waals surface area contributed by atoms with Crippen LogP contribution < -0.4 is 18.9 Å². The highest BCUT2D eigenvalue weighted by Gasteiger charge is 2.57. The fourth-order valence-corrected chi connectivity index (χ4v) is 30.7. The molecule has 0 saturated carbocycles. The normalized spacial score (nSPS) is 15.4. The zero-order chi connectivity index (χ0) is 98.9. The molecule has 0 amide bonds. The molecule has 702 valence electrons. The van der Waals surface area contributed by atoms with Gasteiger partial charge in [0.2, 0.25) is 0 Å². The standard InChI is InChI=1S/C140H86N4O4S2/c1-145-84-69-62-80(63-70-84)137(81-64-71-85(146-2)72-65-81)111-53-23-16-42-98(111)121-102(46-27-57-116(121)137)133-129-130(142-126-95-39-10-6-32-88(95)87-31-5-9-38-94(87)125(126)141-129)134(149-133)103-47-28-58-117-122(103)99-43-17-24-54-112(99)138(117,82-66-73-86(147-3)74-67-82)83-68-76-120(148-4)106(78-83)79-61-75-115-107(77-79)93-37-15-22-52-110(93)140(115)114-56-26-19-45-101(114)124-105(49-30-60-119(124)140)136-132-131(143-127-96-40-11-7-33-89(96)90-34-8-12-41-97(90)128(127)144-132)135(150-136)104-48-29-59-118-123(104)100-44-18-25-55-113(100)139(118)108-50-20-13-35-91(108)92-36-14-21-51-109(92)139/h5-78H,1-4H3. The van der Waals surface area contributed by atoms with Crippen LogP contribution in [0.15, 0.2) is 449 Å². The van der Waals surface area contributed by atoms with E-state index < -0.39 is 21.7 Å². The first-order valence-electron chi connectivity index (χ1n) is 51.3. The quantitative estimate of drug-likeness (QED) is 0.106. The molecular formula is C140H86N4O4S2. The smallest absolute Gasteiger partial charge is 0.126 e. The first-order chi connectivity index (χ1) is 74.2. The summed E-state index contributed by atoms with van der Waals surface area (Å²) in [6, 6.07) is 168. The summed E-state index contributed by atoms with van der Waals surface area (Å²) < 4.78 is 24.7. The molecule has 8 nitrogen and oxygen atoms in total. The number of aromatic nitrogens is 4. The molecule has 0 N–H and O–H groups in total. The molecule has 6 aliphatic rings. The van der Waals surface area contributed by atoms with Crippen LogP contribution in [0.4, 0.5) is 0 Å². The van der Waals surface area contributed by atoms with Crippen LogP contribution in [0.3, 0.4) is 0 Å². The van der Waals surface area contributed by atoms with Gasteiger partial charge in [-0.15, -0.1) is 22.7 Å². The minimum atomic E-state index is -0.947. The molecule has 32 rings (SSSR count). The van der Waals surface area contributed by atoms with Crippen molar-refractivity contribution in [3.63, 3.8) is 0 Å². The van der Waals surface area contributed by atoms with E-state index in [4.69, 9.17) is 38.9 Å². The number of benzene rings is 22. The Morgan fingerprint density at radius 3 is 0.720 bits per heavy atom. The van der Waals surface area contributed by atoms with Gasteiger partial charge in [0.25, 0.3) is 0 Å². The molecule has 0 fully saturated rings. The maximum Gasteiger partial charge on any atom is 0.126 e. The van der Waals surface area contributed by atoms with Gasteiger partial charge in [0.1, 0.15) is 45.1 Å². The van der Waals surface area contributed by atoms with Gasteiger partial charge >= 0.3 is 0 Å². The number of hydrogen-bond acceptors (Lipinski definition) is 10. The summed E-state index contributed by atoms with van der Waals surface area (Å²) in [6.45, 7) is 0.